The van der Waals surface area contributed by atoms with Crippen LogP contribution in [0.15, 0.2) is 97.2 Å². The molecule has 11 heteroatoms. The third-order valence-corrected chi connectivity index (χ3v) is 7.89. The van der Waals surface area contributed by atoms with Gasteiger partial charge in [0.1, 0.15) is 11.4 Å². The van der Waals surface area contributed by atoms with Crippen LogP contribution in [0.1, 0.15) is 0 Å². The summed E-state index contributed by atoms with van der Waals surface area (Å²) in [6, 6.07) is 20.7. The molecule has 1 heterocycles. The van der Waals surface area contributed by atoms with Crippen molar-refractivity contribution >= 4 is 71.3 Å². The van der Waals surface area contributed by atoms with E-state index >= 15 is 0 Å². The molecule has 34 heavy (non-hydrogen) atoms. The molecular weight excluding hydrogens is 492 g/mol. The van der Waals surface area contributed by atoms with Crippen LogP contribution in [0.25, 0.3) is 21.0 Å². The van der Waals surface area contributed by atoms with Gasteiger partial charge in [-0.05, 0) is 53.9 Å². The van der Waals surface area contributed by atoms with Gasteiger partial charge in [-0.2, -0.15) is 13.5 Å². The molecule has 170 valence electrons. The minimum absolute atomic E-state index is 0.199. The monoisotopic (exact) mass is 508 g/mol. The summed E-state index contributed by atoms with van der Waals surface area (Å²) in [5.41, 5.74) is 8.04. The van der Waals surface area contributed by atoms with Gasteiger partial charge in [0.2, 0.25) is 0 Å². The molecule has 0 aliphatic carbocycles. The molecule has 5 rings (SSSR count). The summed E-state index contributed by atoms with van der Waals surface area (Å²) in [6.07, 6.45) is 0. The molecule has 0 spiro atoms. The quantitative estimate of drug-likeness (QED) is 0.139. The summed E-state index contributed by atoms with van der Waals surface area (Å²) in [5.74, 6) is -0.381. The van der Waals surface area contributed by atoms with E-state index in [0.717, 1.165) is 25.5 Å². The second-order valence-corrected chi connectivity index (χ2v) is 11.0. The number of fused-ring (bicyclic) bond motifs is 2. The number of aromatic hydroxyl groups is 1. The van der Waals surface area contributed by atoms with Crippen LogP contribution in [-0.2, 0) is 10.1 Å². The average Bonchev–Trinajstić information content (AvgIpc) is 3.21. The van der Waals surface area contributed by atoms with Crippen molar-refractivity contribution in [1.82, 2.24) is 4.98 Å². The van der Waals surface area contributed by atoms with Crippen LogP contribution in [0.2, 0.25) is 0 Å². The first-order valence-electron chi connectivity index (χ1n) is 9.86. The Morgan fingerprint density at radius 2 is 1.74 bits per heavy atom. The first kappa shape index (κ1) is 22.3. The first-order chi connectivity index (χ1) is 16.3. The number of para-hydroxylation sites is 1. The number of benzene rings is 4. The van der Waals surface area contributed by atoms with E-state index in [-0.39, 0.29) is 22.5 Å². The van der Waals surface area contributed by atoms with Crippen LogP contribution >= 0.6 is 23.1 Å². The van der Waals surface area contributed by atoms with E-state index in [2.05, 4.69) is 15.2 Å². The van der Waals surface area contributed by atoms with E-state index in [9.17, 15) is 18.1 Å². The molecule has 0 radical (unpaired) electrons. The van der Waals surface area contributed by atoms with E-state index in [1.807, 2.05) is 36.4 Å². The molecule has 0 fully saturated rings. The summed E-state index contributed by atoms with van der Waals surface area (Å²) in [6.45, 7) is 0. The Labute approximate surface area is 202 Å². The number of nitrogens with two attached hydrogens (primary N) is 1. The summed E-state index contributed by atoms with van der Waals surface area (Å²) in [5, 5.41) is 19.4. The van der Waals surface area contributed by atoms with Crippen molar-refractivity contribution in [2.75, 3.05) is 5.73 Å². The maximum atomic E-state index is 11.5. The Bertz CT molecular complexity index is 1650. The van der Waals surface area contributed by atoms with Crippen LogP contribution in [-0.4, -0.2) is 23.1 Å². The number of nitrogen functional groups attached to an aromatic ring is 1. The Morgan fingerprint density at radius 1 is 0.971 bits per heavy atom. The Morgan fingerprint density at radius 3 is 2.47 bits per heavy atom. The highest BCUT2D eigenvalue weighted by Crippen LogP contribution is 2.40. The lowest BCUT2D eigenvalue weighted by atomic mass is 10.1. The fraction of sp³-hybridized carbons (Fsp3) is 0. The van der Waals surface area contributed by atoms with Crippen molar-refractivity contribution in [3.8, 4) is 5.75 Å². The van der Waals surface area contributed by atoms with E-state index in [1.165, 1.54) is 18.2 Å². The zero-order valence-electron chi connectivity index (χ0n) is 17.3. The third-order valence-electron chi connectivity index (χ3n) is 4.95. The second-order valence-electron chi connectivity index (χ2n) is 7.26. The lowest BCUT2D eigenvalue weighted by Crippen LogP contribution is -1.98. The Hall–Kier alpha value is -3.51. The lowest BCUT2D eigenvalue weighted by Gasteiger charge is -2.09. The molecule has 8 nitrogen and oxygen atoms in total. The van der Waals surface area contributed by atoms with Gasteiger partial charge in [-0.3, -0.25) is 4.55 Å². The highest BCUT2D eigenvalue weighted by molar-refractivity contribution is 8.01. The second kappa shape index (κ2) is 8.69. The zero-order valence-corrected chi connectivity index (χ0v) is 19.7. The largest absolute Gasteiger partial charge is 0.507 e. The van der Waals surface area contributed by atoms with Gasteiger partial charge in [0.15, 0.2) is 4.34 Å². The molecule has 5 aromatic rings. The topological polar surface area (TPSA) is 138 Å². The molecule has 1 aromatic heterocycles. The number of thiazole rings is 1. The maximum absolute atomic E-state index is 11.5. The van der Waals surface area contributed by atoms with Crippen molar-refractivity contribution < 1.29 is 18.1 Å². The van der Waals surface area contributed by atoms with E-state index in [1.54, 1.807) is 35.2 Å². The van der Waals surface area contributed by atoms with Gasteiger partial charge < -0.3 is 10.8 Å². The molecule has 0 atom stereocenters. The van der Waals surface area contributed by atoms with Gasteiger partial charge in [-0.1, -0.05) is 30.0 Å². The molecule has 4 aromatic carbocycles. The minimum Gasteiger partial charge on any atom is -0.507 e. The van der Waals surface area contributed by atoms with Crippen LogP contribution < -0.4 is 5.73 Å². The van der Waals surface area contributed by atoms with E-state index < -0.39 is 15.0 Å². The maximum Gasteiger partial charge on any atom is 0.294 e. The number of phenolic OH excluding ortho intramolecular Hbond substituents is 1. The smallest absolute Gasteiger partial charge is 0.294 e. The molecule has 0 saturated heterocycles. The number of hydrogen-bond acceptors (Lipinski definition) is 9. The van der Waals surface area contributed by atoms with E-state index in [4.69, 9.17) is 5.73 Å². The number of nitrogens with zero attached hydrogens (tertiary/aromatic N) is 3. The van der Waals surface area contributed by atoms with Gasteiger partial charge in [-0.15, -0.1) is 16.5 Å². The van der Waals surface area contributed by atoms with Crippen molar-refractivity contribution in [2.45, 2.75) is 14.1 Å². The molecular formula is C23H16N4O4S3. The predicted octanol–water partition coefficient (Wildman–Crippen LogP) is 6.55. The normalized spacial score (nSPS) is 12.1. The standard InChI is InChI=1S/C23H16N4O4S3/c24-17-10-5-13-11-16(34(29,30)31)12-19(28)21(13)22(17)27-26-14-6-8-15(9-7-14)32-23-25-18-3-1-2-4-20(18)33-23/h1-12,28H,24H2,(H,29,30,31). The molecule has 4 N–H and O–H groups in total. The zero-order chi connectivity index (χ0) is 23.9. The predicted molar refractivity (Wildman–Crippen MR) is 134 cm³/mol. The lowest BCUT2D eigenvalue weighted by molar-refractivity contribution is 0.471. The highest BCUT2D eigenvalue weighted by Gasteiger charge is 2.17. The Balaban J connectivity index is 1.42. The van der Waals surface area contributed by atoms with Gasteiger partial charge in [0.05, 0.1) is 31.9 Å². The number of anilines is 1. The van der Waals surface area contributed by atoms with E-state index in [0.29, 0.717) is 11.1 Å². The number of hydrogen-bond donors (Lipinski definition) is 3. The third kappa shape index (κ3) is 4.46. The van der Waals surface area contributed by atoms with Crippen molar-refractivity contribution in [3.05, 3.63) is 72.8 Å². The number of aromatic nitrogens is 1. The van der Waals surface area contributed by atoms with Crippen molar-refractivity contribution in [3.63, 3.8) is 0 Å². The van der Waals surface area contributed by atoms with Gasteiger partial charge in [0.25, 0.3) is 10.1 Å². The summed E-state index contributed by atoms with van der Waals surface area (Å²) < 4.78 is 34.3. The van der Waals surface area contributed by atoms with Crippen LogP contribution in [0.4, 0.5) is 17.1 Å². The molecule has 0 bridgehead atoms. The number of rotatable bonds is 5. The van der Waals surface area contributed by atoms with Crippen LogP contribution in [0, 0.1) is 0 Å². The Kier molecular flexibility index (Phi) is 5.70. The molecule has 0 amide bonds. The van der Waals surface area contributed by atoms with Gasteiger partial charge in [-0.25, -0.2) is 4.98 Å². The first-order valence-corrected chi connectivity index (χ1v) is 12.9. The highest BCUT2D eigenvalue weighted by atomic mass is 32.2. The summed E-state index contributed by atoms with van der Waals surface area (Å²) >= 11 is 3.19. The van der Waals surface area contributed by atoms with Crippen molar-refractivity contribution in [2.24, 2.45) is 10.2 Å². The fourth-order valence-corrected chi connectivity index (χ4v) is 5.93. The summed E-state index contributed by atoms with van der Waals surface area (Å²) in [4.78, 5) is 5.20. The van der Waals surface area contributed by atoms with Crippen LogP contribution in [0.3, 0.4) is 0 Å². The summed E-state index contributed by atoms with van der Waals surface area (Å²) in [7, 11) is -4.48. The molecule has 0 unspecified atom stereocenters. The number of phenols is 1. The fourth-order valence-electron chi connectivity index (χ4n) is 3.35. The van der Waals surface area contributed by atoms with Gasteiger partial charge >= 0.3 is 0 Å². The average molecular weight is 509 g/mol. The number of azo groups is 1. The molecule has 0 aliphatic heterocycles. The SMILES string of the molecule is Nc1ccc2cc(S(=O)(=O)O)cc(O)c2c1N=Nc1ccc(Sc2nc3ccccc3s2)cc1. The van der Waals surface area contributed by atoms with Gasteiger partial charge in [0, 0.05) is 11.0 Å². The molecule has 0 saturated carbocycles. The molecule has 0 aliphatic rings. The van der Waals surface area contributed by atoms with Crippen LogP contribution in [0.5, 0.6) is 5.75 Å². The van der Waals surface area contributed by atoms with Crippen molar-refractivity contribution in [1.29, 1.82) is 0 Å². The minimum atomic E-state index is -4.48.